The number of anilines is 1. The number of hydrazine groups is 1. The van der Waals surface area contributed by atoms with Crippen LogP contribution >= 0.6 is 23.5 Å². The first-order valence-electron chi connectivity index (χ1n) is 6.25. The molecule has 2 heterocycles. The Bertz CT molecular complexity index is 752. The van der Waals surface area contributed by atoms with Crippen molar-refractivity contribution in [3.8, 4) is 6.07 Å². The number of hydrogen-bond acceptors (Lipinski definition) is 6. The maximum Gasteiger partial charge on any atom is 0.284 e. The summed E-state index contributed by atoms with van der Waals surface area (Å²) in [5.74, 6) is -0.892. The summed E-state index contributed by atoms with van der Waals surface area (Å²) < 4.78 is 0.507. The largest absolute Gasteiger partial charge is 0.315 e. The Morgan fingerprint density at radius 3 is 2.64 bits per heavy atom. The van der Waals surface area contributed by atoms with Gasteiger partial charge in [-0.25, -0.2) is 5.01 Å². The third-order valence-electron chi connectivity index (χ3n) is 3.04. The quantitative estimate of drug-likeness (QED) is 0.597. The van der Waals surface area contributed by atoms with Gasteiger partial charge in [0.2, 0.25) is 0 Å². The molecular formula is C14H10N4O2S2. The lowest BCUT2D eigenvalue weighted by Crippen LogP contribution is -2.35. The minimum Gasteiger partial charge on any atom is -0.315 e. The first kappa shape index (κ1) is 14.7. The third-order valence-corrected chi connectivity index (χ3v) is 5.33. The fraction of sp³-hybridized carbons (Fsp3) is 0.0714. The number of nitrogens with one attached hydrogen (secondary N) is 1. The predicted molar refractivity (Wildman–Crippen MR) is 86.0 cm³/mol. The van der Waals surface area contributed by atoms with Gasteiger partial charge in [0, 0.05) is 0 Å². The van der Waals surface area contributed by atoms with E-state index in [0.717, 1.165) is 11.8 Å². The average Bonchev–Trinajstić information content (AvgIpc) is 2.83. The molecule has 2 aliphatic rings. The van der Waals surface area contributed by atoms with Gasteiger partial charge in [0.05, 0.1) is 26.9 Å². The van der Waals surface area contributed by atoms with Crippen LogP contribution < -0.4 is 16.2 Å². The third kappa shape index (κ3) is 2.50. The molecule has 0 unspecified atom stereocenters. The van der Waals surface area contributed by atoms with Crippen molar-refractivity contribution in [2.24, 2.45) is 5.73 Å². The summed E-state index contributed by atoms with van der Waals surface area (Å²) in [6.45, 7) is 0. The average molecular weight is 330 g/mol. The number of thioether (sulfide) groups is 2. The van der Waals surface area contributed by atoms with Gasteiger partial charge in [0.15, 0.2) is 0 Å². The molecule has 0 aromatic heterocycles. The van der Waals surface area contributed by atoms with Crippen molar-refractivity contribution in [3.63, 3.8) is 0 Å². The molecule has 1 aromatic rings. The number of hydrogen-bond donors (Lipinski definition) is 2. The maximum atomic E-state index is 12.5. The van der Waals surface area contributed by atoms with E-state index in [1.165, 1.54) is 16.8 Å². The van der Waals surface area contributed by atoms with Gasteiger partial charge in [0.1, 0.15) is 5.57 Å². The van der Waals surface area contributed by atoms with Crippen molar-refractivity contribution in [1.29, 1.82) is 5.26 Å². The van der Waals surface area contributed by atoms with E-state index >= 15 is 0 Å². The van der Waals surface area contributed by atoms with Gasteiger partial charge in [-0.2, -0.15) is 5.26 Å². The Balaban J connectivity index is 1.95. The summed E-state index contributed by atoms with van der Waals surface area (Å²) in [6.07, 6.45) is 0. The monoisotopic (exact) mass is 330 g/mol. The van der Waals surface area contributed by atoms with Gasteiger partial charge < -0.3 is 5.73 Å². The standard InChI is InChI=1S/C14H10N4O2S2/c15-6-8-7-21-14(22-11(8)16)10-12(19)17-18(13(10)20)9-4-2-1-3-5-9/h1-5,7,11H,16H2,(H,17,19)/b14-10-/t11-/m0/s1. The second kappa shape index (κ2) is 5.88. The van der Waals surface area contributed by atoms with Gasteiger partial charge in [-0.15, -0.1) is 0 Å². The van der Waals surface area contributed by atoms with E-state index in [-0.39, 0.29) is 5.57 Å². The summed E-state index contributed by atoms with van der Waals surface area (Å²) >= 11 is 2.31. The molecule has 6 nitrogen and oxygen atoms in total. The molecule has 3 rings (SSSR count). The van der Waals surface area contributed by atoms with E-state index in [9.17, 15) is 9.59 Å². The number of para-hydroxylation sites is 1. The van der Waals surface area contributed by atoms with Gasteiger partial charge in [-0.1, -0.05) is 41.7 Å². The van der Waals surface area contributed by atoms with Gasteiger partial charge >= 0.3 is 0 Å². The Morgan fingerprint density at radius 2 is 2.00 bits per heavy atom. The fourth-order valence-electron chi connectivity index (χ4n) is 1.95. The summed E-state index contributed by atoms with van der Waals surface area (Å²) in [5, 5.41) is 11.1. The number of carbonyl (C=O) groups excluding carboxylic acids is 2. The molecule has 2 amide bonds. The summed E-state index contributed by atoms with van der Waals surface area (Å²) in [5.41, 5.74) is 9.46. The van der Waals surface area contributed by atoms with Crippen molar-refractivity contribution in [2.75, 3.05) is 5.01 Å². The molecule has 1 fully saturated rings. The zero-order valence-corrected chi connectivity index (χ0v) is 12.8. The fourth-order valence-corrected chi connectivity index (χ4v) is 4.23. The number of carbonyl (C=O) groups is 2. The van der Waals surface area contributed by atoms with Gasteiger partial charge in [0.25, 0.3) is 11.8 Å². The minimum absolute atomic E-state index is 0.0579. The highest BCUT2D eigenvalue weighted by atomic mass is 32.2. The Labute approximate surface area is 135 Å². The zero-order chi connectivity index (χ0) is 15.7. The number of nitriles is 1. The topological polar surface area (TPSA) is 99.2 Å². The maximum absolute atomic E-state index is 12.5. The molecule has 0 spiro atoms. The van der Waals surface area contributed by atoms with E-state index in [1.807, 2.05) is 12.1 Å². The molecule has 3 N–H and O–H groups in total. The van der Waals surface area contributed by atoms with E-state index in [4.69, 9.17) is 11.0 Å². The van der Waals surface area contributed by atoms with Gasteiger partial charge in [-0.05, 0) is 17.5 Å². The van der Waals surface area contributed by atoms with Crippen molar-refractivity contribution in [1.82, 2.24) is 5.43 Å². The van der Waals surface area contributed by atoms with Crippen molar-refractivity contribution in [2.45, 2.75) is 5.37 Å². The van der Waals surface area contributed by atoms with Crippen molar-refractivity contribution < 1.29 is 9.59 Å². The molecule has 2 aliphatic heterocycles. The lowest BCUT2D eigenvalue weighted by atomic mass is 10.2. The summed E-state index contributed by atoms with van der Waals surface area (Å²) in [7, 11) is 0. The molecule has 1 aromatic carbocycles. The highest BCUT2D eigenvalue weighted by Crippen LogP contribution is 2.42. The molecule has 0 radical (unpaired) electrons. The van der Waals surface area contributed by atoms with E-state index in [1.54, 1.807) is 29.7 Å². The van der Waals surface area contributed by atoms with Crippen LogP contribution in [0.15, 0.2) is 51.1 Å². The molecule has 110 valence electrons. The molecule has 1 atom stereocenters. The Morgan fingerprint density at radius 1 is 1.27 bits per heavy atom. The summed E-state index contributed by atoms with van der Waals surface area (Å²) in [4.78, 5) is 24.6. The van der Waals surface area contributed by atoms with Crippen LogP contribution in [0, 0.1) is 11.3 Å². The van der Waals surface area contributed by atoms with Crippen molar-refractivity contribution in [3.05, 3.63) is 51.1 Å². The number of nitrogens with zero attached hydrogens (tertiary/aromatic N) is 2. The molecule has 8 heteroatoms. The van der Waals surface area contributed by atoms with Gasteiger partial charge in [-0.3, -0.25) is 15.0 Å². The van der Waals surface area contributed by atoms with Crippen LogP contribution in [-0.4, -0.2) is 17.2 Å². The first-order chi connectivity index (χ1) is 10.6. The smallest absolute Gasteiger partial charge is 0.284 e. The Hall–Kier alpha value is -2.21. The normalized spacial score (nSPS) is 24.8. The second-order valence-electron chi connectivity index (χ2n) is 4.42. The van der Waals surface area contributed by atoms with Crippen LogP contribution in [0.2, 0.25) is 0 Å². The van der Waals surface area contributed by atoms with Crippen LogP contribution in [-0.2, 0) is 9.59 Å². The lowest BCUT2D eigenvalue weighted by Gasteiger charge is -2.18. The van der Waals surface area contributed by atoms with Crippen LogP contribution in [0.25, 0.3) is 0 Å². The second-order valence-corrected chi connectivity index (χ2v) is 6.71. The molecule has 0 saturated carbocycles. The number of amides is 2. The Kier molecular flexibility index (Phi) is 3.94. The molecule has 22 heavy (non-hydrogen) atoms. The minimum atomic E-state index is -0.569. The lowest BCUT2D eigenvalue weighted by molar-refractivity contribution is -0.117. The highest BCUT2D eigenvalue weighted by molar-refractivity contribution is 8.24. The predicted octanol–water partition coefficient (Wildman–Crippen LogP) is 1.45. The van der Waals surface area contributed by atoms with E-state index in [0.29, 0.717) is 15.5 Å². The first-order valence-corrected chi connectivity index (χ1v) is 8.01. The number of benzene rings is 1. The van der Waals surface area contributed by atoms with Crippen LogP contribution in [0.3, 0.4) is 0 Å². The molecule has 0 bridgehead atoms. The van der Waals surface area contributed by atoms with Crippen molar-refractivity contribution >= 4 is 41.0 Å². The number of nitrogens with two attached hydrogens (primary N) is 1. The number of rotatable bonds is 1. The molecule has 1 saturated heterocycles. The van der Waals surface area contributed by atoms with Crippen LogP contribution in [0.5, 0.6) is 0 Å². The molecular weight excluding hydrogens is 320 g/mol. The van der Waals surface area contributed by atoms with E-state index < -0.39 is 17.2 Å². The highest BCUT2D eigenvalue weighted by Gasteiger charge is 2.38. The summed E-state index contributed by atoms with van der Waals surface area (Å²) in [6, 6.07) is 10.8. The SMILES string of the molecule is N#CC1=CS/C(=C2\C(=O)NN(c3ccccc3)C2=O)S[C@@H]1N. The van der Waals surface area contributed by atoms with Crippen LogP contribution in [0.4, 0.5) is 5.69 Å². The molecule has 0 aliphatic carbocycles. The van der Waals surface area contributed by atoms with E-state index in [2.05, 4.69) is 5.43 Å². The van der Waals surface area contributed by atoms with Crippen LogP contribution in [0.1, 0.15) is 0 Å². The zero-order valence-electron chi connectivity index (χ0n) is 11.1.